The van der Waals surface area contributed by atoms with Crippen LogP contribution in [0.3, 0.4) is 0 Å². The average Bonchev–Trinajstić information content (AvgIpc) is 2.88. The van der Waals surface area contributed by atoms with Crippen molar-refractivity contribution in [2.45, 2.75) is 19.4 Å². The van der Waals surface area contributed by atoms with Crippen molar-refractivity contribution in [2.24, 2.45) is 0 Å². The molecule has 6 heteroatoms. The predicted octanol–water partition coefficient (Wildman–Crippen LogP) is 4.47. The fourth-order valence-corrected chi connectivity index (χ4v) is 3.46. The molecule has 0 saturated heterocycles. The third-order valence-corrected chi connectivity index (χ3v) is 4.66. The van der Waals surface area contributed by atoms with Gasteiger partial charge in [-0.1, -0.05) is 6.07 Å². The number of nitrogens with zero attached hydrogens (tertiary/aromatic N) is 1. The zero-order valence-electron chi connectivity index (χ0n) is 12.2. The lowest BCUT2D eigenvalue weighted by Crippen LogP contribution is -2.25. The quantitative estimate of drug-likeness (QED) is 0.658. The van der Waals surface area contributed by atoms with Crippen LogP contribution in [0.4, 0.5) is 4.39 Å². The fourth-order valence-electron chi connectivity index (χ4n) is 1.92. The second-order valence-electron chi connectivity index (χ2n) is 4.87. The molecule has 0 fully saturated rings. The van der Waals surface area contributed by atoms with Crippen molar-refractivity contribution in [3.63, 3.8) is 0 Å². The highest BCUT2D eigenvalue weighted by molar-refractivity contribution is 9.11. The molecule has 22 heavy (non-hydrogen) atoms. The van der Waals surface area contributed by atoms with Crippen LogP contribution in [0, 0.1) is 5.82 Å². The van der Waals surface area contributed by atoms with Crippen molar-refractivity contribution in [3.8, 4) is 5.75 Å². The van der Waals surface area contributed by atoms with Gasteiger partial charge in [0.15, 0.2) is 0 Å². The molecule has 0 aliphatic heterocycles. The molecule has 0 atom stereocenters. The van der Waals surface area contributed by atoms with Crippen LogP contribution in [0.2, 0.25) is 0 Å². The van der Waals surface area contributed by atoms with Gasteiger partial charge in [-0.25, -0.2) is 4.39 Å². The molecule has 2 rings (SSSR count). The zero-order chi connectivity index (χ0) is 15.9. The average molecular weight is 386 g/mol. The second kappa shape index (κ2) is 8.29. The van der Waals surface area contributed by atoms with Crippen LogP contribution in [-0.4, -0.2) is 24.5 Å². The van der Waals surface area contributed by atoms with Gasteiger partial charge in [0, 0.05) is 24.4 Å². The summed E-state index contributed by atoms with van der Waals surface area (Å²) in [7, 11) is 1.80. The first-order valence-electron chi connectivity index (χ1n) is 6.91. The summed E-state index contributed by atoms with van der Waals surface area (Å²) >= 11 is 5.03. The van der Waals surface area contributed by atoms with Gasteiger partial charge < -0.3 is 9.64 Å². The van der Waals surface area contributed by atoms with E-state index in [0.29, 0.717) is 31.7 Å². The lowest BCUT2D eigenvalue weighted by atomic mass is 10.3. The van der Waals surface area contributed by atoms with Gasteiger partial charge in [-0.05, 0) is 46.6 Å². The van der Waals surface area contributed by atoms with Gasteiger partial charge in [-0.3, -0.25) is 4.79 Å². The molecule has 118 valence electrons. The number of thiophene rings is 1. The third kappa shape index (κ3) is 5.42. The van der Waals surface area contributed by atoms with Crippen LogP contribution in [0.25, 0.3) is 0 Å². The third-order valence-electron chi connectivity index (χ3n) is 3.05. The molecule has 0 aliphatic rings. The lowest BCUT2D eigenvalue weighted by molar-refractivity contribution is -0.130. The highest BCUT2D eigenvalue weighted by Crippen LogP contribution is 2.23. The van der Waals surface area contributed by atoms with Crippen LogP contribution in [0.1, 0.15) is 17.7 Å². The van der Waals surface area contributed by atoms with Crippen LogP contribution in [0.15, 0.2) is 40.2 Å². The van der Waals surface area contributed by atoms with E-state index in [-0.39, 0.29) is 11.7 Å². The number of halogens is 2. The summed E-state index contributed by atoms with van der Waals surface area (Å²) in [4.78, 5) is 14.9. The van der Waals surface area contributed by atoms with Gasteiger partial charge in [0.05, 0.1) is 16.9 Å². The minimum atomic E-state index is -0.324. The molecule has 0 spiro atoms. The Morgan fingerprint density at radius 3 is 2.86 bits per heavy atom. The monoisotopic (exact) mass is 385 g/mol. The molecule has 1 aromatic carbocycles. The van der Waals surface area contributed by atoms with Gasteiger partial charge in [0.25, 0.3) is 0 Å². The molecule has 0 unspecified atom stereocenters. The van der Waals surface area contributed by atoms with Crippen molar-refractivity contribution in [1.82, 2.24) is 4.90 Å². The highest BCUT2D eigenvalue weighted by Gasteiger charge is 2.10. The smallest absolute Gasteiger partial charge is 0.222 e. The summed E-state index contributed by atoms with van der Waals surface area (Å²) in [6, 6.07) is 9.99. The van der Waals surface area contributed by atoms with Gasteiger partial charge >= 0.3 is 0 Å². The maximum absolute atomic E-state index is 13.0. The summed E-state index contributed by atoms with van der Waals surface area (Å²) in [6.07, 6.45) is 1.02. The molecule has 0 saturated carbocycles. The molecule has 3 nitrogen and oxygen atoms in total. The summed E-state index contributed by atoms with van der Waals surface area (Å²) < 4.78 is 19.5. The number of hydrogen-bond donors (Lipinski definition) is 0. The zero-order valence-corrected chi connectivity index (χ0v) is 14.6. The Hall–Kier alpha value is -1.40. The molecule has 1 amide bonds. The molecule has 0 bridgehead atoms. The Kier molecular flexibility index (Phi) is 6.39. The standard InChI is InChI=1S/C16H17BrFNO2S/c1-19(11-14-7-8-15(17)22-14)16(20)6-3-9-21-13-5-2-4-12(18)10-13/h2,4-5,7-8,10H,3,6,9,11H2,1H3. The number of benzene rings is 1. The number of rotatable bonds is 7. The van der Waals surface area contributed by atoms with Gasteiger partial charge in [0.1, 0.15) is 11.6 Å². The van der Waals surface area contributed by atoms with Crippen molar-refractivity contribution in [1.29, 1.82) is 0 Å². The van der Waals surface area contributed by atoms with E-state index >= 15 is 0 Å². The maximum Gasteiger partial charge on any atom is 0.222 e. The second-order valence-corrected chi connectivity index (χ2v) is 7.41. The number of hydrogen-bond acceptors (Lipinski definition) is 3. The summed E-state index contributed by atoms with van der Waals surface area (Å²) in [5, 5.41) is 0. The largest absolute Gasteiger partial charge is 0.493 e. The molecule has 0 N–H and O–H groups in total. The van der Waals surface area contributed by atoms with Crippen molar-refractivity contribution in [2.75, 3.05) is 13.7 Å². The Morgan fingerprint density at radius 2 is 2.18 bits per heavy atom. The molecule has 0 radical (unpaired) electrons. The van der Waals surface area contributed by atoms with E-state index in [4.69, 9.17) is 4.74 Å². The summed E-state index contributed by atoms with van der Waals surface area (Å²) in [6.45, 7) is 1.01. The highest BCUT2D eigenvalue weighted by atomic mass is 79.9. The molecule has 2 aromatic rings. The number of amides is 1. The van der Waals surface area contributed by atoms with E-state index in [1.165, 1.54) is 12.1 Å². The van der Waals surface area contributed by atoms with Crippen molar-refractivity contribution >= 4 is 33.2 Å². The topological polar surface area (TPSA) is 29.5 Å². The van der Waals surface area contributed by atoms with E-state index in [2.05, 4.69) is 15.9 Å². The number of carbonyl (C=O) groups is 1. The van der Waals surface area contributed by atoms with E-state index < -0.39 is 0 Å². The van der Waals surface area contributed by atoms with Crippen LogP contribution in [-0.2, 0) is 11.3 Å². The van der Waals surface area contributed by atoms with Crippen LogP contribution < -0.4 is 4.74 Å². The van der Waals surface area contributed by atoms with Gasteiger partial charge in [-0.15, -0.1) is 11.3 Å². The Morgan fingerprint density at radius 1 is 1.36 bits per heavy atom. The van der Waals surface area contributed by atoms with E-state index in [1.54, 1.807) is 35.4 Å². The lowest BCUT2D eigenvalue weighted by Gasteiger charge is -2.16. The van der Waals surface area contributed by atoms with Crippen LogP contribution >= 0.6 is 27.3 Å². The predicted molar refractivity (Wildman–Crippen MR) is 89.6 cm³/mol. The Balaban J connectivity index is 1.68. The van der Waals surface area contributed by atoms with Crippen molar-refractivity contribution < 1.29 is 13.9 Å². The Labute approximate surface area is 141 Å². The first-order valence-corrected chi connectivity index (χ1v) is 8.52. The molecule has 1 heterocycles. The minimum absolute atomic E-state index is 0.0763. The van der Waals surface area contributed by atoms with Crippen molar-refractivity contribution in [3.05, 3.63) is 50.9 Å². The van der Waals surface area contributed by atoms with E-state index in [9.17, 15) is 9.18 Å². The maximum atomic E-state index is 13.0. The minimum Gasteiger partial charge on any atom is -0.493 e. The normalized spacial score (nSPS) is 10.5. The summed E-state index contributed by atoms with van der Waals surface area (Å²) in [5.41, 5.74) is 0. The molecular weight excluding hydrogens is 369 g/mol. The fraction of sp³-hybridized carbons (Fsp3) is 0.312. The van der Waals surface area contributed by atoms with Crippen LogP contribution in [0.5, 0.6) is 5.75 Å². The Bertz CT molecular complexity index is 632. The first kappa shape index (κ1) is 17.0. The van der Waals surface area contributed by atoms with E-state index in [0.717, 1.165) is 8.66 Å². The van der Waals surface area contributed by atoms with E-state index in [1.807, 2.05) is 12.1 Å². The SMILES string of the molecule is CN(Cc1ccc(Br)s1)C(=O)CCCOc1cccc(F)c1. The number of ether oxygens (including phenoxy) is 1. The molecular formula is C16H17BrFNO2S. The summed E-state index contributed by atoms with van der Waals surface area (Å²) in [5.74, 6) is 0.243. The van der Waals surface area contributed by atoms with Gasteiger partial charge in [0.2, 0.25) is 5.91 Å². The number of carbonyl (C=O) groups excluding carboxylic acids is 1. The first-order chi connectivity index (χ1) is 10.5. The molecule has 0 aliphatic carbocycles. The van der Waals surface area contributed by atoms with Gasteiger partial charge in [-0.2, -0.15) is 0 Å². The molecule has 1 aromatic heterocycles.